The van der Waals surface area contributed by atoms with E-state index in [0.29, 0.717) is 6.54 Å². The van der Waals surface area contributed by atoms with Gasteiger partial charge in [-0.3, -0.25) is 9.59 Å². The highest BCUT2D eigenvalue weighted by atomic mass is 16.5. The van der Waals surface area contributed by atoms with Crippen LogP contribution in [0.15, 0.2) is 24.3 Å². The number of nitrogens with zero attached hydrogens (tertiary/aromatic N) is 1. The van der Waals surface area contributed by atoms with Gasteiger partial charge in [0.1, 0.15) is 0 Å². The zero-order chi connectivity index (χ0) is 15.9. The Kier molecular flexibility index (Phi) is 5.95. The van der Waals surface area contributed by atoms with Gasteiger partial charge in [0.15, 0.2) is 0 Å². The molecule has 0 aromatic heterocycles. The van der Waals surface area contributed by atoms with Gasteiger partial charge in [0.05, 0.1) is 12.6 Å². The standard InChI is InChI=1S/C17H24N2O3/c1-3-14-6-8-15(9-7-14)18-17(21)12-19(13(2)20)11-16-5-4-10-22-16/h6-9,16H,3-5,10-12H2,1-2H3,(H,18,21). The van der Waals surface area contributed by atoms with E-state index in [1.807, 2.05) is 24.3 Å². The summed E-state index contributed by atoms with van der Waals surface area (Å²) < 4.78 is 5.53. The number of rotatable bonds is 6. The van der Waals surface area contributed by atoms with Crippen molar-refractivity contribution in [1.82, 2.24) is 4.90 Å². The van der Waals surface area contributed by atoms with Crippen LogP contribution >= 0.6 is 0 Å². The molecule has 1 atom stereocenters. The van der Waals surface area contributed by atoms with Gasteiger partial charge in [-0.15, -0.1) is 0 Å². The zero-order valence-electron chi connectivity index (χ0n) is 13.3. The highest BCUT2D eigenvalue weighted by molar-refractivity contribution is 5.94. The van der Waals surface area contributed by atoms with E-state index >= 15 is 0 Å². The summed E-state index contributed by atoms with van der Waals surface area (Å²) in [6.45, 7) is 4.86. The first kappa shape index (κ1) is 16.5. The summed E-state index contributed by atoms with van der Waals surface area (Å²) in [7, 11) is 0. The van der Waals surface area contributed by atoms with Crippen molar-refractivity contribution in [3.8, 4) is 0 Å². The van der Waals surface area contributed by atoms with Gasteiger partial charge in [0, 0.05) is 25.8 Å². The molecule has 1 saturated heterocycles. The number of ether oxygens (including phenoxy) is 1. The van der Waals surface area contributed by atoms with E-state index in [4.69, 9.17) is 4.74 Å². The molecule has 5 heteroatoms. The zero-order valence-corrected chi connectivity index (χ0v) is 13.3. The maximum Gasteiger partial charge on any atom is 0.243 e. The van der Waals surface area contributed by atoms with Crippen molar-refractivity contribution in [2.75, 3.05) is 25.0 Å². The van der Waals surface area contributed by atoms with Crippen LogP contribution in [-0.2, 0) is 20.7 Å². The highest BCUT2D eigenvalue weighted by Crippen LogP contribution is 2.14. The maximum atomic E-state index is 12.1. The molecule has 1 heterocycles. The molecule has 0 saturated carbocycles. The van der Waals surface area contributed by atoms with E-state index in [1.54, 1.807) is 4.90 Å². The lowest BCUT2D eigenvalue weighted by molar-refractivity contribution is -0.134. The lowest BCUT2D eigenvalue weighted by atomic mass is 10.1. The number of hydrogen-bond acceptors (Lipinski definition) is 3. The fourth-order valence-corrected chi connectivity index (χ4v) is 2.54. The van der Waals surface area contributed by atoms with Crippen molar-refractivity contribution in [2.24, 2.45) is 0 Å². The Morgan fingerprint density at radius 2 is 2.05 bits per heavy atom. The molecule has 1 N–H and O–H groups in total. The van der Waals surface area contributed by atoms with Crippen molar-refractivity contribution in [1.29, 1.82) is 0 Å². The van der Waals surface area contributed by atoms with Gasteiger partial charge in [-0.25, -0.2) is 0 Å². The molecular formula is C17H24N2O3. The Balaban J connectivity index is 1.87. The van der Waals surface area contributed by atoms with Crippen molar-refractivity contribution in [2.45, 2.75) is 39.2 Å². The summed E-state index contributed by atoms with van der Waals surface area (Å²) >= 11 is 0. The second-order valence-electron chi connectivity index (χ2n) is 5.63. The second-order valence-corrected chi connectivity index (χ2v) is 5.63. The molecule has 1 aromatic carbocycles. The summed E-state index contributed by atoms with van der Waals surface area (Å²) in [5, 5.41) is 2.83. The Labute approximate surface area is 131 Å². The van der Waals surface area contributed by atoms with Gasteiger partial charge in [-0.2, -0.15) is 0 Å². The minimum Gasteiger partial charge on any atom is -0.376 e. The molecule has 0 radical (unpaired) electrons. The van der Waals surface area contributed by atoms with Crippen LogP contribution in [0, 0.1) is 0 Å². The van der Waals surface area contributed by atoms with Gasteiger partial charge >= 0.3 is 0 Å². The van der Waals surface area contributed by atoms with Crippen LogP contribution in [0.5, 0.6) is 0 Å². The molecule has 0 spiro atoms. The molecule has 1 aliphatic rings. The van der Waals surface area contributed by atoms with Gasteiger partial charge in [0.25, 0.3) is 0 Å². The van der Waals surface area contributed by atoms with E-state index in [-0.39, 0.29) is 24.5 Å². The average Bonchev–Trinajstić information content (AvgIpc) is 3.00. The van der Waals surface area contributed by atoms with Crippen LogP contribution < -0.4 is 5.32 Å². The number of carbonyl (C=O) groups is 2. The number of nitrogens with one attached hydrogen (secondary N) is 1. The molecule has 1 unspecified atom stereocenters. The first-order chi connectivity index (χ1) is 10.6. The molecule has 0 bridgehead atoms. The lowest BCUT2D eigenvalue weighted by Gasteiger charge is -2.23. The first-order valence-electron chi connectivity index (χ1n) is 7.84. The number of hydrogen-bond donors (Lipinski definition) is 1. The van der Waals surface area contributed by atoms with E-state index in [2.05, 4.69) is 12.2 Å². The summed E-state index contributed by atoms with van der Waals surface area (Å²) in [5.74, 6) is -0.288. The lowest BCUT2D eigenvalue weighted by Crippen LogP contribution is -2.41. The van der Waals surface area contributed by atoms with Gasteiger partial charge in [0.2, 0.25) is 11.8 Å². The molecule has 2 rings (SSSR count). The van der Waals surface area contributed by atoms with Gasteiger partial charge < -0.3 is 15.0 Å². The smallest absolute Gasteiger partial charge is 0.243 e. The first-order valence-corrected chi connectivity index (χ1v) is 7.84. The van der Waals surface area contributed by atoms with Crippen LogP contribution in [0.4, 0.5) is 5.69 Å². The number of carbonyl (C=O) groups excluding carboxylic acids is 2. The molecule has 120 valence electrons. The normalized spacial score (nSPS) is 17.3. The van der Waals surface area contributed by atoms with E-state index in [0.717, 1.165) is 31.6 Å². The van der Waals surface area contributed by atoms with Crippen LogP contribution in [0.25, 0.3) is 0 Å². The Morgan fingerprint density at radius 3 is 2.59 bits per heavy atom. The summed E-state index contributed by atoms with van der Waals surface area (Å²) in [4.78, 5) is 25.4. The largest absolute Gasteiger partial charge is 0.376 e. The third-order valence-corrected chi connectivity index (χ3v) is 3.87. The van der Waals surface area contributed by atoms with Crippen molar-refractivity contribution in [3.63, 3.8) is 0 Å². The van der Waals surface area contributed by atoms with Crippen molar-refractivity contribution < 1.29 is 14.3 Å². The molecule has 1 aromatic rings. The summed E-state index contributed by atoms with van der Waals surface area (Å²) in [6, 6.07) is 7.75. The van der Waals surface area contributed by atoms with Crippen LogP contribution in [0.1, 0.15) is 32.3 Å². The molecule has 2 amide bonds. The Hall–Kier alpha value is -1.88. The third-order valence-electron chi connectivity index (χ3n) is 3.87. The topological polar surface area (TPSA) is 58.6 Å². The van der Waals surface area contributed by atoms with Crippen molar-refractivity contribution in [3.05, 3.63) is 29.8 Å². The SMILES string of the molecule is CCc1ccc(NC(=O)CN(CC2CCCO2)C(C)=O)cc1. The maximum absolute atomic E-state index is 12.1. The van der Waals surface area contributed by atoms with Gasteiger partial charge in [-0.1, -0.05) is 19.1 Å². The molecule has 0 aliphatic carbocycles. The highest BCUT2D eigenvalue weighted by Gasteiger charge is 2.22. The molecule has 1 fully saturated rings. The number of aryl methyl sites for hydroxylation is 1. The minimum absolute atomic E-state index is 0.0561. The number of amides is 2. The molecule has 22 heavy (non-hydrogen) atoms. The van der Waals surface area contributed by atoms with E-state index < -0.39 is 0 Å². The fourth-order valence-electron chi connectivity index (χ4n) is 2.54. The van der Waals surface area contributed by atoms with Crippen molar-refractivity contribution >= 4 is 17.5 Å². The fraction of sp³-hybridized carbons (Fsp3) is 0.529. The Bertz CT molecular complexity index is 507. The predicted molar refractivity (Wildman–Crippen MR) is 85.7 cm³/mol. The average molecular weight is 304 g/mol. The second kappa shape index (κ2) is 7.94. The quantitative estimate of drug-likeness (QED) is 0.876. The van der Waals surface area contributed by atoms with E-state index in [9.17, 15) is 9.59 Å². The monoisotopic (exact) mass is 304 g/mol. The molecule has 1 aliphatic heterocycles. The summed E-state index contributed by atoms with van der Waals surface area (Å²) in [6.07, 6.45) is 2.99. The van der Waals surface area contributed by atoms with Crippen LogP contribution in [0.2, 0.25) is 0 Å². The molecular weight excluding hydrogens is 280 g/mol. The minimum atomic E-state index is -0.183. The molecule has 5 nitrogen and oxygen atoms in total. The van der Waals surface area contributed by atoms with Crippen LogP contribution in [0.3, 0.4) is 0 Å². The number of benzene rings is 1. The van der Waals surface area contributed by atoms with Crippen LogP contribution in [-0.4, -0.2) is 42.5 Å². The third kappa shape index (κ3) is 4.84. The number of anilines is 1. The van der Waals surface area contributed by atoms with Gasteiger partial charge in [-0.05, 0) is 37.0 Å². The predicted octanol–water partition coefficient (Wildman–Crippen LogP) is 2.21. The summed E-state index contributed by atoms with van der Waals surface area (Å²) in [5.41, 5.74) is 1.98. The Morgan fingerprint density at radius 1 is 1.32 bits per heavy atom. The van der Waals surface area contributed by atoms with E-state index in [1.165, 1.54) is 12.5 Å².